The second kappa shape index (κ2) is 5.04. The minimum atomic E-state index is 0.0919. The highest BCUT2D eigenvalue weighted by Crippen LogP contribution is 2.36. The number of nitrogens with one attached hydrogen (secondary N) is 1. The maximum atomic E-state index is 5.25. The molecule has 0 atom stereocenters. The van der Waals surface area contributed by atoms with Crippen molar-refractivity contribution in [2.45, 2.75) is 45.2 Å². The molecule has 0 saturated carbocycles. The van der Waals surface area contributed by atoms with Gasteiger partial charge in [0, 0.05) is 23.3 Å². The number of methoxy groups -OCH3 is 1. The van der Waals surface area contributed by atoms with Crippen LogP contribution in [0.15, 0.2) is 24.3 Å². The number of anilines is 1. The lowest BCUT2D eigenvalue weighted by Gasteiger charge is -2.49. The van der Waals surface area contributed by atoms with E-state index in [-0.39, 0.29) is 11.1 Å². The number of hydrogen-bond donors (Lipinski definition) is 1. The molecule has 0 spiro atoms. The van der Waals surface area contributed by atoms with Gasteiger partial charge in [0.15, 0.2) is 0 Å². The molecule has 106 valence electrons. The Morgan fingerprint density at radius 1 is 1.05 bits per heavy atom. The van der Waals surface area contributed by atoms with E-state index in [0.29, 0.717) is 0 Å². The molecular formula is C16H26N2O. The maximum Gasteiger partial charge on any atom is 0.119 e. The summed E-state index contributed by atoms with van der Waals surface area (Å²) >= 11 is 0. The van der Waals surface area contributed by atoms with Gasteiger partial charge in [0.1, 0.15) is 5.75 Å². The monoisotopic (exact) mass is 262 g/mol. The van der Waals surface area contributed by atoms with Gasteiger partial charge in [0.25, 0.3) is 0 Å². The lowest BCUT2D eigenvalue weighted by Crippen LogP contribution is -2.57. The van der Waals surface area contributed by atoms with E-state index in [2.05, 4.69) is 50.0 Å². The molecule has 1 aliphatic heterocycles. The summed E-state index contributed by atoms with van der Waals surface area (Å²) < 4.78 is 5.25. The van der Waals surface area contributed by atoms with Gasteiger partial charge in [-0.3, -0.25) is 0 Å². The number of hydrogen-bond acceptors (Lipinski definition) is 3. The number of benzene rings is 1. The van der Waals surface area contributed by atoms with Gasteiger partial charge in [-0.1, -0.05) is 0 Å². The van der Waals surface area contributed by atoms with E-state index in [9.17, 15) is 0 Å². The van der Waals surface area contributed by atoms with Gasteiger partial charge in [-0.15, -0.1) is 0 Å². The zero-order chi connectivity index (χ0) is 14.1. The summed E-state index contributed by atoms with van der Waals surface area (Å²) in [6.07, 6.45) is 1.14. The third-order valence-electron chi connectivity index (χ3n) is 4.01. The molecule has 19 heavy (non-hydrogen) atoms. The van der Waals surface area contributed by atoms with Crippen molar-refractivity contribution in [2.75, 3.05) is 25.1 Å². The molecule has 1 N–H and O–H groups in total. The number of nitrogens with zero attached hydrogens (tertiary/aromatic N) is 1. The lowest BCUT2D eigenvalue weighted by atomic mass is 9.91. The quantitative estimate of drug-likeness (QED) is 0.886. The summed E-state index contributed by atoms with van der Waals surface area (Å²) in [5.41, 5.74) is 1.50. The van der Waals surface area contributed by atoms with E-state index < -0.39 is 0 Å². The van der Waals surface area contributed by atoms with Gasteiger partial charge in [0.2, 0.25) is 0 Å². The Bertz CT molecular complexity index is 405. The Morgan fingerprint density at radius 2 is 1.68 bits per heavy atom. The molecule has 1 heterocycles. The van der Waals surface area contributed by atoms with Crippen molar-refractivity contribution in [3.05, 3.63) is 24.3 Å². The maximum absolute atomic E-state index is 5.25. The molecule has 1 fully saturated rings. The second-order valence-electron chi connectivity index (χ2n) is 6.59. The van der Waals surface area contributed by atoms with Crippen LogP contribution in [0.4, 0.5) is 5.69 Å². The van der Waals surface area contributed by atoms with Gasteiger partial charge >= 0.3 is 0 Å². The Kier molecular flexibility index (Phi) is 3.77. The third-order valence-corrected chi connectivity index (χ3v) is 4.01. The van der Waals surface area contributed by atoms with Gasteiger partial charge in [-0.2, -0.15) is 0 Å². The minimum Gasteiger partial charge on any atom is -0.497 e. The van der Waals surface area contributed by atoms with Crippen LogP contribution in [0, 0.1) is 0 Å². The van der Waals surface area contributed by atoms with E-state index in [1.165, 1.54) is 5.69 Å². The predicted octanol–water partition coefficient (Wildman–Crippen LogP) is 3.05. The van der Waals surface area contributed by atoms with Gasteiger partial charge in [-0.25, -0.2) is 0 Å². The van der Waals surface area contributed by atoms with Crippen LogP contribution in [0.5, 0.6) is 5.75 Å². The van der Waals surface area contributed by atoms with Crippen LogP contribution in [0.25, 0.3) is 0 Å². The summed E-state index contributed by atoms with van der Waals surface area (Å²) in [4.78, 5) is 2.54. The molecule has 0 amide bonds. The van der Waals surface area contributed by atoms with E-state index in [1.54, 1.807) is 7.11 Å². The van der Waals surface area contributed by atoms with Crippen molar-refractivity contribution < 1.29 is 4.74 Å². The molecule has 2 rings (SSSR count). The summed E-state index contributed by atoms with van der Waals surface area (Å²) in [7, 11) is 1.71. The first-order chi connectivity index (χ1) is 8.87. The molecule has 0 aliphatic carbocycles. The van der Waals surface area contributed by atoms with Gasteiger partial charge in [-0.05, 0) is 64.9 Å². The molecule has 1 aromatic rings. The smallest absolute Gasteiger partial charge is 0.119 e. The highest BCUT2D eigenvalue weighted by atomic mass is 16.5. The van der Waals surface area contributed by atoms with Gasteiger partial charge < -0.3 is 15.0 Å². The molecule has 0 unspecified atom stereocenters. The molecular weight excluding hydrogens is 236 g/mol. The first-order valence-corrected chi connectivity index (χ1v) is 7.02. The van der Waals surface area contributed by atoms with Crippen molar-refractivity contribution >= 4 is 5.69 Å². The fraction of sp³-hybridized carbons (Fsp3) is 0.625. The standard InChI is InChI=1S/C16H26N2O/c1-15(2)10-11-17-12-16(3,4)18(15)13-6-8-14(19-5)9-7-13/h6-9,17H,10-12H2,1-5H3. The normalized spacial score (nSPS) is 21.8. The first kappa shape index (κ1) is 14.2. The van der Waals surface area contributed by atoms with E-state index in [0.717, 1.165) is 25.3 Å². The average Bonchev–Trinajstić information content (AvgIpc) is 2.45. The number of rotatable bonds is 2. The van der Waals surface area contributed by atoms with Crippen molar-refractivity contribution in [1.82, 2.24) is 5.32 Å². The highest BCUT2D eigenvalue weighted by Gasteiger charge is 2.39. The SMILES string of the molecule is COc1ccc(N2C(C)(C)CCNCC2(C)C)cc1. The highest BCUT2D eigenvalue weighted by molar-refractivity contribution is 5.54. The Morgan fingerprint density at radius 3 is 2.26 bits per heavy atom. The van der Waals surface area contributed by atoms with E-state index in [4.69, 9.17) is 4.74 Å². The Balaban J connectivity index is 2.40. The molecule has 3 heteroatoms. The van der Waals surface area contributed by atoms with Crippen LogP contribution < -0.4 is 15.0 Å². The lowest BCUT2D eigenvalue weighted by molar-refractivity contribution is 0.357. The molecule has 0 aromatic heterocycles. The third kappa shape index (κ3) is 2.86. The Labute approximate surface area is 116 Å². The van der Waals surface area contributed by atoms with Crippen LogP contribution in [-0.4, -0.2) is 31.3 Å². The molecule has 3 nitrogen and oxygen atoms in total. The summed E-state index contributed by atoms with van der Waals surface area (Å²) in [6, 6.07) is 8.40. The van der Waals surface area contributed by atoms with Crippen molar-refractivity contribution in [3.63, 3.8) is 0 Å². The summed E-state index contributed by atoms with van der Waals surface area (Å²) in [5.74, 6) is 0.910. The summed E-state index contributed by atoms with van der Waals surface area (Å²) in [6.45, 7) is 11.3. The van der Waals surface area contributed by atoms with Crippen LogP contribution in [0.2, 0.25) is 0 Å². The van der Waals surface area contributed by atoms with E-state index in [1.807, 2.05) is 12.1 Å². The predicted molar refractivity (Wildman–Crippen MR) is 81.1 cm³/mol. The van der Waals surface area contributed by atoms with Crippen LogP contribution >= 0.6 is 0 Å². The molecule has 1 aliphatic rings. The Hall–Kier alpha value is -1.22. The molecule has 0 radical (unpaired) electrons. The average molecular weight is 262 g/mol. The van der Waals surface area contributed by atoms with Crippen molar-refractivity contribution in [3.8, 4) is 5.75 Å². The van der Waals surface area contributed by atoms with Crippen LogP contribution in [0.1, 0.15) is 34.1 Å². The van der Waals surface area contributed by atoms with Crippen molar-refractivity contribution in [2.24, 2.45) is 0 Å². The first-order valence-electron chi connectivity index (χ1n) is 7.02. The fourth-order valence-corrected chi connectivity index (χ4v) is 3.23. The minimum absolute atomic E-state index is 0.0919. The van der Waals surface area contributed by atoms with E-state index >= 15 is 0 Å². The largest absolute Gasteiger partial charge is 0.497 e. The van der Waals surface area contributed by atoms with Crippen LogP contribution in [0.3, 0.4) is 0 Å². The van der Waals surface area contributed by atoms with Gasteiger partial charge in [0.05, 0.1) is 7.11 Å². The zero-order valence-corrected chi connectivity index (χ0v) is 12.8. The molecule has 0 bridgehead atoms. The zero-order valence-electron chi connectivity index (χ0n) is 12.8. The van der Waals surface area contributed by atoms with Crippen molar-refractivity contribution in [1.29, 1.82) is 0 Å². The molecule has 1 saturated heterocycles. The fourth-order valence-electron chi connectivity index (χ4n) is 3.23. The topological polar surface area (TPSA) is 24.5 Å². The second-order valence-corrected chi connectivity index (χ2v) is 6.59. The van der Waals surface area contributed by atoms with Crippen LogP contribution in [-0.2, 0) is 0 Å². The number of ether oxygens (including phenoxy) is 1. The summed E-state index contributed by atoms with van der Waals surface area (Å²) in [5, 5.41) is 3.55. The molecule has 1 aromatic carbocycles.